The van der Waals surface area contributed by atoms with Gasteiger partial charge < -0.3 is 10.1 Å². The van der Waals surface area contributed by atoms with Crippen molar-refractivity contribution in [2.75, 3.05) is 14.2 Å². The molecular formula is C15H21NO. The fourth-order valence-corrected chi connectivity index (χ4v) is 2.00. The molecule has 0 radical (unpaired) electrons. The Hall–Kier alpha value is -1.46. The van der Waals surface area contributed by atoms with Crippen LogP contribution in [-0.4, -0.2) is 14.2 Å². The quantitative estimate of drug-likeness (QED) is 0.600. The summed E-state index contributed by atoms with van der Waals surface area (Å²) in [7, 11) is 3.69. The highest BCUT2D eigenvalue weighted by Gasteiger charge is 2.10. The fraction of sp³-hybridized carbons (Fsp3) is 0.467. The van der Waals surface area contributed by atoms with Gasteiger partial charge in [0.1, 0.15) is 5.75 Å². The Morgan fingerprint density at radius 2 is 2.24 bits per heavy atom. The van der Waals surface area contributed by atoms with E-state index >= 15 is 0 Å². The topological polar surface area (TPSA) is 21.3 Å². The summed E-state index contributed by atoms with van der Waals surface area (Å²) in [6.45, 7) is 2.07. The Morgan fingerprint density at radius 3 is 2.76 bits per heavy atom. The zero-order valence-corrected chi connectivity index (χ0v) is 10.9. The summed E-state index contributed by atoms with van der Waals surface area (Å²) in [5.41, 5.74) is 2.46. The van der Waals surface area contributed by atoms with Gasteiger partial charge in [0.2, 0.25) is 0 Å². The van der Waals surface area contributed by atoms with Crippen molar-refractivity contribution in [3.05, 3.63) is 29.3 Å². The summed E-state index contributed by atoms with van der Waals surface area (Å²) in [4.78, 5) is 0. The summed E-state index contributed by atoms with van der Waals surface area (Å²) in [6.07, 6.45) is 8.22. The van der Waals surface area contributed by atoms with Crippen LogP contribution in [0.25, 0.3) is 0 Å². The maximum absolute atomic E-state index is 5.27. The van der Waals surface area contributed by atoms with Crippen molar-refractivity contribution in [2.45, 2.75) is 32.2 Å². The van der Waals surface area contributed by atoms with Crippen LogP contribution in [0.2, 0.25) is 0 Å². The second kappa shape index (κ2) is 6.98. The van der Waals surface area contributed by atoms with Gasteiger partial charge in [0.15, 0.2) is 0 Å². The molecule has 1 unspecified atom stereocenters. The smallest absolute Gasteiger partial charge is 0.121 e. The number of aryl methyl sites for hydroxylation is 1. The lowest BCUT2D eigenvalue weighted by Gasteiger charge is -2.17. The first-order chi connectivity index (χ1) is 8.22. The minimum atomic E-state index is 0.368. The molecule has 0 aliphatic carbocycles. The average molecular weight is 231 g/mol. The molecule has 17 heavy (non-hydrogen) atoms. The summed E-state index contributed by atoms with van der Waals surface area (Å²) >= 11 is 0. The van der Waals surface area contributed by atoms with E-state index in [2.05, 4.69) is 30.3 Å². The summed E-state index contributed by atoms with van der Waals surface area (Å²) in [6, 6.07) is 6.68. The molecule has 1 aromatic carbocycles. The van der Waals surface area contributed by atoms with Crippen molar-refractivity contribution in [1.82, 2.24) is 5.32 Å². The van der Waals surface area contributed by atoms with Crippen LogP contribution in [0.5, 0.6) is 5.75 Å². The van der Waals surface area contributed by atoms with Gasteiger partial charge in [-0.05, 0) is 44.0 Å². The average Bonchev–Trinajstić information content (AvgIpc) is 2.35. The van der Waals surface area contributed by atoms with Gasteiger partial charge in [-0.25, -0.2) is 0 Å². The molecule has 0 heterocycles. The van der Waals surface area contributed by atoms with E-state index in [1.165, 1.54) is 11.1 Å². The van der Waals surface area contributed by atoms with Crippen molar-refractivity contribution in [2.24, 2.45) is 0 Å². The van der Waals surface area contributed by atoms with Gasteiger partial charge in [0.25, 0.3) is 0 Å². The number of benzene rings is 1. The number of nitrogens with one attached hydrogen (secondary N) is 1. The third-order valence-corrected chi connectivity index (χ3v) is 2.98. The van der Waals surface area contributed by atoms with Crippen LogP contribution in [0, 0.1) is 19.3 Å². The van der Waals surface area contributed by atoms with E-state index in [-0.39, 0.29) is 0 Å². The molecule has 1 aromatic rings. The summed E-state index contributed by atoms with van der Waals surface area (Å²) in [5.74, 6) is 3.62. The molecule has 0 amide bonds. The van der Waals surface area contributed by atoms with E-state index in [0.717, 1.165) is 25.0 Å². The zero-order chi connectivity index (χ0) is 12.7. The molecule has 0 aliphatic rings. The lowest BCUT2D eigenvalue weighted by molar-refractivity contribution is 0.411. The maximum Gasteiger partial charge on any atom is 0.121 e. The number of hydrogen-bond acceptors (Lipinski definition) is 2. The van der Waals surface area contributed by atoms with Crippen LogP contribution in [-0.2, 0) is 0 Å². The van der Waals surface area contributed by atoms with Gasteiger partial charge in [0.05, 0.1) is 7.11 Å². The molecule has 92 valence electrons. The highest BCUT2D eigenvalue weighted by atomic mass is 16.5. The number of methoxy groups -OCH3 is 1. The second-order valence-corrected chi connectivity index (χ2v) is 4.17. The maximum atomic E-state index is 5.27. The molecule has 1 atom stereocenters. The van der Waals surface area contributed by atoms with Crippen molar-refractivity contribution in [1.29, 1.82) is 0 Å². The van der Waals surface area contributed by atoms with Crippen LogP contribution in [0.1, 0.15) is 36.4 Å². The Balaban J connectivity index is 2.75. The van der Waals surface area contributed by atoms with Crippen LogP contribution >= 0.6 is 0 Å². The summed E-state index contributed by atoms with van der Waals surface area (Å²) < 4.78 is 5.26. The molecule has 0 bridgehead atoms. The highest BCUT2D eigenvalue weighted by molar-refractivity contribution is 5.37. The Kier molecular flexibility index (Phi) is 5.59. The summed E-state index contributed by atoms with van der Waals surface area (Å²) in [5, 5.41) is 3.33. The molecule has 2 nitrogen and oxygen atoms in total. The SMILES string of the molecule is C#CCCCC(NC)c1ccc(OC)c(C)c1. The predicted molar refractivity (Wildman–Crippen MR) is 72.2 cm³/mol. The zero-order valence-electron chi connectivity index (χ0n) is 10.9. The molecular weight excluding hydrogens is 210 g/mol. The first kappa shape index (κ1) is 13.6. The largest absolute Gasteiger partial charge is 0.496 e. The van der Waals surface area contributed by atoms with Crippen LogP contribution in [0.4, 0.5) is 0 Å². The fourth-order valence-electron chi connectivity index (χ4n) is 2.00. The monoisotopic (exact) mass is 231 g/mol. The van der Waals surface area contributed by atoms with Gasteiger partial charge in [-0.1, -0.05) is 12.1 Å². The van der Waals surface area contributed by atoms with E-state index in [0.29, 0.717) is 6.04 Å². The molecule has 0 saturated heterocycles. The van der Waals surface area contributed by atoms with Gasteiger partial charge in [0, 0.05) is 12.5 Å². The van der Waals surface area contributed by atoms with Gasteiger partial charge in [-0.2, -0.15) is 0 Å². The molecule has 1 rings (SSSR count). The third-order valence-electron chi connectivity index (χ3n) is 2.98. The molecule has 2 heteroatoms. The van der Waals surface area contributed by atoms with Crippen molar-refractivity contribution < 1.29 is 4.74 Å². The lowest BCUT2D eigenvalue weighted by atomic mass is 9.99. The van der Waals surface area contributed by atoms with Gasteiger partial charge in [-0.15, -0.1) is 12.3 Å². The van der Waals surface area contributed by atoms with Crippen LogP contribution in [0.15, 0.2) is 18.2 Å². The van der Waals surface area contributed by atoms with E-state index in [9.17, 15) is 0 Å². The van der Waals surface area contributed by atoms with Crippen LogP contribution in [0.3, 0.4) is 0 Å². The minimum Gasteiger partial charge on any atom is -0.496 e. The van der Waals surface area contributed by atoms with Crippen molar-refractivity contribution >= 4 is 0 Å². The van der Waals surface area contributed by atoms with E-state index in [1.807, 2.05) is 13.1 Å². The Labute approximate surface area is 104 Å². The Bertz CT molecular complexity index is 392. The number of rotatable bonds is 6. The molecule has 0 aliphatic heterocycles. The first-order valence-corrected chi connectivity index (χ1v) is 5.98. The molecule has 0 fully saturated rings. The van der Waals surface area contributed by atoms with E-state index in [1.54, 1.807) is 7.11 Å². The van der Waals surface area contributed by atoms with Crippen molar-refractivity contribution in [3.8, 4) is 18.1 Å². The van der Waals surface area contributed by atoms with E-state index in [4.69, 9.17) is 11.2 Å². The van der Waals surface area contributed by atoms with Gasteiger partial charge >= 0.3 is 0 Å². The number of ether oxygens (including phenoxy) is 1. The van der Waals surface area contributed by atoms with E-state index < -0.39 is 0 Å². The third kappa shape index (κ3) is 3.80. The molecule has 0 spiro atoms. The molecule has 1 N–H and O–H groups in total. The predicted octanol–water partition coefficient (Wildman–Crippen LogP) is 3.07. The molecule has 0 aromatic heterocycles. The first-order valence-electron chi connectivity index (χ1n) is 5.98. The molecule has 0 saturated carbocycles. The lowest BCUT2D eigenvalue weighted by Crippen LogP contribution is -2.16. The standard InChI is InChI=1S/C15H21NO/c1-5-6-7-8-14(16-3)13-9-10-15(17-4)12(2)11-13/h1,9-11,14,16H,6-8H2,2-4H3. The van der Waals surface area contributed by atoms with Gasteiger partial charge in [-0.3, -0.25) is 0 Å². The normalized spacial score (nSPS) is 11.9. The number of terminal acetylenes is 1. The second-order valence-electron chi connectivity index (χ2n) is 4.17. The van der Waals surface area contributed by atoms with Crippen molar-refractivity contribution in [3.63, 3.8) is 0 Å². The Morgan fingerprint density at radius 1 is 1.47 bits per heavy atom. The van der Waals surface area contributed by atoms with Crippen LogP contribution < -0.4 is 10.1 Å². The minimum absolute atomic E-state index is 0.368. The highest BCUT2D eigenvalue weighted by Crippen LogP contribution is 2.25. The number of unbranched alkanes of at least 4 members (excludes halogenated alkanes) is 1. The number of hydrogen-bond donors (Lipinski definition) is 1.